The van der Waals surface area contributed by atoms with E-state index in [4.69, 9.17) is 4.74 Å². The van der Waals surface area contributed by atoms with E-state index in [0.717, 1.165) is 24.2 Å². The summed E-state index contributed by atoms with van der Waals surface area (Å²) in [6.07, 6.45) is 3.82. The standard InChI is InChI=1S/C19H28N2O3/c1-3-4-8-18(22)20-11-13-21(14-12-20)19(23)10-9-16-6-5-7-17(15-16)24-2/h5-7,15H,3-4,8-14H2,1-2H3. The van der Waals surface area contributed by atoms with Crippen molar-refractivity contribution in [2.75, 3.05) is 33.3 Å². The number of carbonyl (C=O) groups excluding carboxylic acids is 2. The number of amides is 2. The van der Waals surface area contributed by atoms with E-state index in [0.29, 0.717) is 45.4 Å². The SMILES string of the molecule is CCCCC(=O)N1CCN(C(=O)CCc2cccc(OC)c2)CC1. The second-order valence-corrected chi connectivity index (χ2v) is 6.22. The third-order valence-corrected chi connectivity index (χ3v) is 4.49. The maximum Gasteiger partial charge on any atom is 0.223 e. The van der Waals surface area contributed by atoms with Crippen molar-refractivity contribution in [1.29, 1.82) is 0 Å². The molecule has 2 amide bonds. The van der Waals surface area contributed by atoms with Crippen molar-refractivity contribution < 1.29 is 14.3 Å². The molecular formula is C19H28N2O3. The summed E-state index contributed by atoms with van der Waals surface area (Å²) in [6, 6.07) is 7.83. The largest absolute Gasteiger partial charge is 0.497 e. The fourth-order valence-electron chi connectivity index (χ4n) is 2.93. The van der Waals surface area contributed by atoms with Crippen molar-refractivity contribution >= 4 is 11.8 Å². The van der Waals surface area contributed by atoms with E-state index in [1.165, 1.54) is 0 Å². The number of piperazine rings is 1. The molecule has 5 nitrogen and oxygen atoms in total. The first kappa shape index (κ1) is 18.3. The second-order valence-electron chi connectivity index (χ2n) is 6.22. The predicted octanol–water partition coefficient (Wildman–Crippen LogP) is 2.49. The number of unbranched alkanes of at least 4 members (excludes halogenated alkanes) is 1. The summed E-state index contributed by atoms with van der Waals surface area (Å²) in [4.78, 5) is 28.2. The van der Waals surface area contributed by atoms with Crippen LogP contribution < -0.4 is 4.74 Å². The number of methoxy groups -OCH3 is 1. The molecular weight excluding hydrogens is 304 g/mol. The third kappa shape index (κ3) is 5.25. The highest BCUT2D eigenvalue weighted by Gasteiger charge is 2.23. The van der Waals surface area contributed by atoms with E-state index < -0.39 is 0 Å². The molecule has 0 unspecified atom stereocenters. The van der Waals surface area contributed by atoms with Gasteiger partial charge in [0.25, 0.3) is 0 Å². The monoisotopic (exact) mass is 332 g/mol. The van der Waals surface area contributed by atoms with Crippen LogP contribution in [-0.4, -0.2) is 54.9 Å². The molecule has 1 aliphatic rings. The quantitative estimate of drug-likeness (QED) is 0.771. The summed E-state index contributed by atoms with van der Waals surface area (Å²) >= 11 is 0. The van der Waals surface area contributed by atoms with Crippen molar-refractivity contribution in [3.8, 4) is 5.75 Å². The number of hydrogen-bond donors (Lipinski definition) is 0. The Morgan fingerprint density at radius 1 is 1.04 bits per heavy atom. The lowest BCUT2D eigenvalue weighted by Gasteiger charge is -2.35. The van der Waals surface area contributed by atoms with Crippen molar-refractivity contribution in [3.63, 3.8) is 0 Å². The van der Waals surface area contributed by atoms with Crippen LogP contribution in [0.3, 0.4) is 0 Å². The van der Waals surface area contributed by atoms with Crippen molar-refractivity contribution in [3.05, 3.63) is 29.8 Å². The lowest BCUT2D eigenvalue weighted by Crippen LogP contribution is -2.50. The van der Waals surface area contributed by atoms with Crippen LogP contribution in [0.5, 0.6) is 5.75 Å². The molecule has 1 aromatic rings. The molecule has 1 heterocycles. The Hall–Kier alpha value is -2.04. The number of ether oxygens (including phenoxy) is 1. The smallest absolute Gasteiger partial charge is 0.223 e. The maximum absolute atomic E-state index is 12.4. The van der Waals surface area contributed by atoms with E-state index in [-0.39, 0.29) is 11.8 Å². The molecule has 0 radical (unpaired) electrons. The molecule has 0 aliphatic carbocycles. The van der Waals surface area contributed by atoms with Crippen molar-refractivity contribution in [2.24, 2.45) is 0 Å². The van der Waals surface area contributed by atoms with E-state index in [1.807, 2.05) is 34.1 Å². The summed E-state index contributed by atoms with van der Waals surface area (Å²) in [5.74, 6) is 1.21. The van der Waals surface area contributed by atoms with Gasteiger partial charge in [-0.1, -0.05) is 25.5 Å². The highest BCUT2D eigenvalue weighted by Crippen LogP contribution is 2.15. The minimum atomic E-state index is 0.165. The van der Waals surface area contributed by atoms with Gasteiger partial charge in [0, 0.05) is 39.0 Å². The molecule has 0 aromatic heterocycles. The number of hydrogen-bond acceptors (Lipinski definition) is 3. The van der Waals surface area contributed by atoms with Crippen LogP contribution in [0.1, 0.15) is 38.2 Å². The Morgan fingerprint density at radius 3 is 2.25 bits per heavy atom. The fraction of sp³-hybridized carbons (Fsp3) is 0.579. The van der Waals surface area contributed by atoms with Crippen LogP contribution in [0.25, 0.3) is 0 Å². The molecule has 1 fully saturated rings. The predicted molar refractivity (Wildman–Crippen MR) is 94.0 cm³/mol. The number of nitrogens with zero attached hydrogens (tertiary/aromatic N) is 2. The summed E-state index contributed by atoms with van der Waals surface area (Å²) < 4.78 is 5.21. The van der Waals surface area contributed by atoms with Gasteiger partial charge in [0.05, 0.1) is 7.11 Å². The minimum Gasteiger partial charge on any atom is -0.497 e. The van der Waals surface area contributed by atoms with Gasteiger partial charge in [-0.05, 0) is 30.5 Å². The number of rotatable bonds is 7. The molecule has 2 rings (SSSR count). The van der Waals surface area contributed by atoms with E-state index in [2.05, 4.69) is 6.92 Å². The van der Waals surface area contributed by atoms with Gasteiger partial charge in [-0.25, -0.2) is 0 Å². The van der Waals surface area contributed by atoms with Gasteiger partial charge in [0.15, 0.2) is 0 Å². The third-order valence-electron chi connectivity index (χ3n) is 4.49. The summed E-state index contributed by atoms with van der Waals surface area (Å²) in [7, 11) is 1.64. The number of carbonyl (C=O) groups is 2. The summed E-state index contributed by atoms with van der Waals surface area (Å²) in [5.41, 5.74) is 1.11. The van der Waals surface area contributed by atoms with Crippen LogP contribution in [0, 0.1) is 0 Å². The maximum atomic E-state index is 12.4. The molecule has 0 spiro atoms. The van der Waals surface area contributed by atoms with Crippen molar-refractivity contribution in [1.82, 2.24) is 9.80 Å². The van der Waals surface area contributed by atoms with E-state index >= 15 is 0 Å². The lowest BCUT2D eigenvalue weighted by molar-refractivity contribution is -0.139. The zero-order valence-electron chi connectivity index (χ0n) is 14.8. The Labute approximate surface area is 144 Å². The molecule has 0 atom stereocenters. The molecule has 132 valence electrons. The van der Waals surface area contributed by atoms with E-state index in [1.54, 1.807) is 7.11 Å². The number of aryl methyl sites for hydroxylation is 1. The Bertz CT molecular complexity index is 551. The van der Waals surface area contributed by atoms with Crippen LogP contribution >= 0.6 is 0 Å². The molecule has 0 bridgehead atoms. The number of benzene rings is 1. The normalized spacial score (nSPS) is 14.6. The average molecular weight is 332 g/mol. The molecule has 1 aliphatic heterocycles. The van der Waals surface area contributed by atoms with Gasteiger partial charge in [-0.2, -0.15) is 0 Å². The van der Waals surface area contributed by atoms with Crippen LogP contribution in [0.15, 0.2) is 24.3 Å². The minimum absolute atomic E-state index is 0.165. The average Bonchev–Trinajstić information content (AvgIpc) is 2.64. The molecule has 0 N–H and O–H groups in total. The first-order valence-electron chi connectivity index (χ1n) is 8.82. The molecule has 24 heavy (non-hydrogen) atoms. The Kier molecular flexibility index (Phi) is 7.09. The fourth-order valence-corrected chi connectivity index (χ4v) is 2.93. The van der Waals surface area contributed by atoms with Crippen LogP contribution in [-0.2, 0) is 16.0 Å². The van der Waals surface area contributed by atoms with E-state index in [9.17, 15) is 9.59 Å². The van der Waals surface area contributed by atoms with Gasteiger partial charge in [-0.3, -0.25) is 9.59 Å². The van der Waals surface area contributed by atoms with Crippen LogP contribution in [0.2, 0.25) is 0 Å². The molecule has 0 saturated carbocycles. The molecule has 5 heteroatoms. The zero-order valence-corrected chi connectivity index (χ0v) is 14.8. The summed E-state index contributed by atoms with van der Waals surface area (Å²) in [6.45, 7) is 4.71. The van der Waals surface area contributed by atoms with Gasteiger partial charge in [-0.15, -0.1) is 0 Å². The van der Waals surface area contributed by atoms with Crippen LogP contribution in [0.4, 0.5) is 0 Å². The Balaban J connectivity index is 1.75. The highest BCUT2D eigenvalue weighted by molar-refractivity contribution is 5.78. The van der Waals surface area contributed by atoms with Gasteiger partial charge in [0.1, 0.15) is 5.75 Å². The second kappa shape index (κ2) is 9.30. The first-order chi connectivity index (χ1) is 11.6. The topological polar surface area (TPSA) is 49.9 Å². The summed E-state index contributed by atoms with van der Waals surface area (Å²) in [5, 5.41) is 0. The van der Waals surface area contributed by atoms with Gasteiger partial charge in [0.2, 0.25) is 11.8 Å². The Morgan fingerprint density at radius 2 is 1.67 bits per heavy atom. The van der Waals surface area contributed by atoms with Gasteiger partial charge >= 0.3 is 0 Å². The van der Waals surface area contributed by atoms with Gasteiger partial charge < -0.3 is 14.5 Å². The zero-order chi connectivity index (χ0) is 17.4. The van der Waals surface area contributed by atoms with Crippen molar-refractivity contribution in [2.45, 2.75) is 39.0 Å². The molecule has 1 saturated heterocycles. The lowest BCUT2D eigenvalue weighted by atomic mass is 10.1. The highest BCUT2D eigenvalue weighted by atomic mass is 16.5. The molecule has 1 aromatic carbocycles. The first-order valence-corrected chi connectivity index (χ1v) is 8.82.